The first-order valence-electron chi connectivity index (χ1n) is 5.99. The normalized spacial score (nSPS) is 24.2. The van der Waals surface area contributed by atoms with Gasteiger partial charge in [-0.1, -0.05) is 24.1 Å². The Morgan fingerprint density at radius 3 is 2.88 bits per heavy atom. The van der Waals surface area contributed by atoms with Gasteiger partial charge in [0.05, 0.1) is 11.1 Å². The number of hydrogen-bond acceptors (Lipinski definition) is 2. The van der Waals surface area contributed by atoms with E-state index in [2.05, 4.69) is 21.2 Å². The van der Waals surface area contributed by atoms with E-state index in [1.165, 1.54) is 5.56 Å². The van der Waals surface area contributed by atoms with Crippen LogP contribution in [0.4, 0.5) is 0 Å². The topological polar surface area (TPSA) is 32.3 Å². The minimum atomic E-state index is -0.115. The van der Waals surface area contributed by atoms with Gasteiger partial charge in [0, 0.05) is 17.6 Å². The van der Waals surface area contributed by atoms with Crippen LogP contribution in [0.1, 0.15) is 24.8 Å². The van der Waals surface area contributed by atoms with Crippen LogP contribution >= 0.6 is 27.5 Å². The molecular weight excluding hydrogens is 302 g/mol. The number of aliphatic hydroxyl groups is 1. The van der Waals surface area contributed by atoms with Crippen molar-refractivity contribution in [2.24, 2.45) is 5.92 Å². The summed E-state index contributed by atoms with van der Waals surface area (Å²) in [4.78, 5) is 0. The zero-order chi connectivity index (χ0) is 12.3. The van der Waals surface area contributed by atoms with Gasteiger partial charge in [0.15, 0.2) is 0 Å². The quantitative estimate of drug-likeness (QED) is 0.892. The molecule has 1 aromatic rings. The van der Waals surface area contributed by atoms with Crippen molar-refractivity contribution in [3.05, 3.63) is 33.3 Å². The monoisotopic (exact) mass is 317 g/mol. The highest BCUT2D eigenvalue weighted by atomic mass is 79.9. The third-order valence-electron chi connectivity index (χ3n) is 3.34. The van der Waals surface area contributed by atoms with E-state index in [0.29, 0.717) is 5.92 Å². The van der Waals surface area contributed by atoms with Gasteiger partial charge in [-0.15, -0.1) is 0 Å². The molecule has 1 aromatic carbocycles. The third-order valence-corrected chi connectivity index (χ3v) is 4.57. The molecule has 0 bridgehead atoms. The van der Waals surface area contributed by atoms with Crippen molar-refractivity contribution in [2.45, 2.75) is 31.9 Å². The van der Waals surface area contributed by atoms with E-state index in [-0.39, 0.29) is 6.10 Å². The van der Waals surface area contributed by atoms with Crippen molar-refractivity contribution in [3.8, 4) is 0 Å². The Balaban J connectivity index is 1.79. The molecular formula is C13H17BrClNO. The summed E-state index contributed by atoms with van der Waals surface area (Å²) in [5.74, 6) is 0.418. The molecule has 4 heteroatoms. The zero-order valence-electron chi connectivity index (χ0n) is 9.63. The summed E-state index contributed by atoms with van der Waals surface area (Å²) in [7, 11) is 0. The van der Waals surface area contributed by atoms with Gasteiger partial charge in [0.1, 0.15) is 0 Å². The average Bonchev–Trinajstić information content (AvgIpc) is 2.70. The van der Waals surface area contributed by atoms with Gasteiger partial charge in [-0.25, -0.2) is 0 Å². The summed E-state index contributed by atoms with van der Waals surface area (Å²) in [6, 6.07) is 5.97. The van der Waals surface area contributed by atoms with Gasteiger partial charge in [0.2, 0.25) is 0 Å². The lowest BCUT2D eigenvalue weighted by atomic mass is 10.1. The maximum atomic E-state index is 9.70. The Kier molecular flexibility index (Phi) is 4.86. The smallest absolute Gasteiger partial charge is 0.0580 e. The predicted molar refractivity (Wildman–Crippen MR) is 74.2 cm³/mol. The Hall–Kier alpha value is -0.0900. The molecule has 0 heterocycles. The molecule has 1 aliphatic rings. The minimum absolute atomic E-state index is 0.115. The van der Waals surface area contributed by atoms with Gasteiger partial charge in [-0.3, -0.25) is 0 Å². The number of nitrogens with one attached hydrogen (secondary N) is 1. The molecule has 0 amide bonds. The van der Waals surface area contributed by atoms with E-state index in [9.17, 15) is 5.11 Å². The standard InChI is InChI=1S/C13H17BrClNO/c14-11-5-4-9(6-12(11)15)7-16-8-10-2-1-3-13(10)17/h4-6,10,13,16-17H,1-3,7-8H2. The van der Waals surface area contributed by atoms with Crippen molar-refractivity contribution < 1.29 is 5.11 Å². The summed E-state index contributed by atoms with van der Waals surface area (Å²) in [5.41, 5.74) is 1.17. The van der Waals surface area contributed by atoms with Crippen LogP contribution in [0.5, 0.6) is 0 Å². The predicted octanol–water partition coefficient (Wildman–Crippen LogP) is 3.35. The number of hydrogen-bond donors (Lipinski definition) is 2. The molecule has 94 valence electrons. The van der Waals surface area contributed by atoms with Crippen LogP contribution in [0.25, 0.3) is 0 Å². The van der Waals surface area contributed by atoms with E-state index in [0.717, 1.165) is 41.8 Å². The molecule has 2 rings (SSSR count). The Bertz CT molecular complexity index is 386. The summed E-state index contributed by atoms with van der Waals surface area (Å²) < 4.78 is 0.925. The summed E-state index contributed by atoms with van der Waals surface area (Å²) in [5, 5.41) is 13.8. The van der Waals surface area contributed by atoms with E-state index in [1.54, 1.807) is 0 Å². The van der Waals surface area contributed by atoms with Crippen LogP contribution in [0.2, 0.25) is 5.02 Å². The summed E-state index contributed by atoms with van der Waals surface area (Å²) in [6.07, 6.45) is 3.12. The lowest BCUT2D eigenvalue weighted by Gasteiger charge is -2.15. The largest absolute Gasteiger partial charge is 0.393 e. The molecule has 17 heavy (non-hydrogen) atoms. The Morgan fingerprint density at radius 2 is 2.24 bits per heavy atom. The molecule has 2 unspecified atom stereocenters. The van der Waals surface area contributed by atoms with Gasteiger partial charge in [0.25, 0.3) is 0 Å². The molecule has 0 spiro atoms. The molecule has 2 atom stereocenters. The van der Waals surface area contributed by atoms with Gasteiger partial charge in [-0.05, 0) is 52.4 Å². The number of halogens is 2. The van der Waals surface area contributed by atoms with Crippen LogP contribution in [-0.4, -0.2) is 17.8 Å². The highest BCUT2D eigenvalue weighted by Gasteiger charge is 2.24. The highest BCUT2D eigenvalue weighted by Crippen LogP contribution is 2.25. The zero-order valence-corrected chi connectivity index (χ0v) is 12.0. The Labute approximate surface area is 115 Å². The van der Waals surface area contributed by atoms with Crippen molar-refractivity contribution in [3.63, 3.8) is 0 Å². The maximum absolute atomic E-state index is 9.70. The molecule has 0 aliphatic heterocycles. The van der Waals surface area contributed by atoms with Crippen LogP contribution in [0, 0.1) is 5.92 Å². The molecule has 0 saturated heterocycles. The SMILES string of the molecule is OC1CCCC1CNCc1ccc(Br)c(Cl)c1. The number of aliphatic hydroxyl groups excluding tert-OH is 1. The summed E-state index contributed by atoms with van der Waals surface area (Å²) >= 11 is 9.40. The molecule has 2 N–H and O–H groups in total. The van der Waals surface area contributed by atoms with Gasteiger partial charge < -0.3 is 10.4 Å². The van der Waals surface area contributed by atoms with Crippen molar-refractivity contribution >= 4 is 27.5 Å². The lowest BCUT2D eigenvalue weighted by Crippen LogP contribution is -2.27. The number of benzene rings is 1. The van der Waals surface area contributed by atoms with Gasteiger partial charge >= 0.3 is 0 Å². The average molecular weight is 319 g/mol. The molecule has 0 radical (unpaired) electrons. The van der Waals surface area contributed by atoms with Crippen molar-refractivity contribution in [2.75, 3.05) is 6.54 Å². The number of rotatable bonds is 4. The first-order valence-corrected chi connectivity index (χ1v) is 7.16. The maximum Gasteiger partial charge on any atom is 0.0580 e. The first kappa shape index (κ1) is 13.3. The molecule has 2 nitrogen and oxygen atoms in total. The van der Waals surface area contributed by atoms with E-state index in [4.69, 9.17) is 11.6 Å². The van der Waals surface area contributed by atoms with Crippen LogP contribution in [0.3, 0.4) is 0 Å². The third kappa shape index (κ3) is 3.68. The molecule has 0 aromatic heterocycles. The second-order valence-electron chi connectivity index (χ2n) is 4.64. The summed E-state index contributed by atoms with van der Waals surface area (Å²) in [6.45, 7) is 1.69. The van der Waals surface area contributed by atoms with E-state index >= 15 is 0 Å². The van der Waals surface area contributed by atoms with Gasteiger partial charge in [-0.2, -0.15) is 0 Å². The molecule has 1 saturated carbocycles. The molecule has 1 fully saturated rings. The van der Waals surface area contributed by atoms with Crippen LogP contribution in [0.15, 0.2) is 22.7 Å². The lowest BCUT2D eigenvalue weighted by molar-refractivity contribution is 0.131. The fraction of sp³-hybridized carbons (Fsp3) is 0.538. The Morgan fingerprint density at radius 1 is 1.41 bits per heavy atom. The highest BCUT2D eigenvalue weighted by molar-refractivity contribution is 9.10. The second kappa shape index (κ2) is 6.19. The van der Waals surface area contributed by atoms with E-state index in [1.807, 2.05) is 18.2 Å². The van der Waals surface area contributed by atoms with E-state index < -0.39 is 0 Å². The fourth-order valence-electron chi connectivity index (χ4n) is 2.31. The van der Waals surface area contributed by atoms with Crippen molar-refractivity contribution in [1.82, 2.24) is 5.32 Å². The minimum Gasteiger partial charge on any atom is -0.393 e. The molecule has 1 aliphatic carbocycles. The van der Waals surface area contributed by atoms with Crippen LogP contribution < -0.4 is 5.32 Å². The van der Waals surface area contributed by atoms with Crippen molar-refractivity contribution in [1.29, 1.82) is 0 Å². The first-order chi connectivity index (χ1) is 8.16. The second-order valence-corrected chi connectivity index (χ2v) is 5.90. The van der Waals surface area contributed by atoms with Crippen LogP contribution in [-0.2, 0) is 6.54 Å². The fourth-order valence-corrected chi connectivity index (χ4v) is 2.76.